The van der Waals surface area contributed by atoms with E-state index in [-0.39, 0.29) is 12.2 Å². The molecule has 6 nitrogen and oxygen atoms in total. The predicted molar refractivity (Wildman–Crippen MR) is 87.2 cm³/mol. The Morgan fingerprint density at radius 3 is 3.04 bits per heavy atom. The van der Waals surface area contributed by atoms with Crippen LogP contribution in [0.2, 0.25) is 0 Å². The molecule has 3 heterocycles. The molecular formula is C18H23N3O3. The van der Waals surface area contributed by atoms with E-state index in [0.717, 1.165) is 49.7 Å². The van der Waals surface area contributed by atoms with Crippen molar-refractivity contribution in [3.05, 3.63) is 47.6 Å². The summed E-state index contributed by atoms with van der Waals surface area (Å²) in [6.45, 7) is 4.95. The van der Waals surface area contributed by atoms with Crippen molar-refractivity contribution in [1.82, 2.24) is 15.0 Å². The summed E-state index contributed by atoms with van der Waals surface area (Å²) in [4.78, 5) is 6.78. The largest absolute Gasteiger partial charge is 0.373 e. The molecule has 0 N–H and O–H groups in total. The van der Waals surface area contributed by atoms with E-state index in [9.17, 15) is 0 Å². The van der Waals surface area contributed by atoms with Crippen molar-refractivity contribution in [2.75, 3.05) is 13.2 Å². The van der Waals surface area contributed by atoms with Gasteiger partial charge in [-0.05, 0) is 31.9 Å². The standard InChI is InChI=1S/C18H23N3O3/c1-13-10-15(20-24-13)11-21-8-9-22-18-16(21)5-6-17(18)23-12-14-4-2-3-7-19-14/h2-4,7,10,16-18H,5-6,8-9,11-12H2,1H3/t16-,17+,18+/m1/s1. The van der Waals surface area contributed by atoms with Crippen LogP contribution in [0.3, 0.4) is 0 Å². The highest BCUT2D eigenvalue weighted by molar-refractivity contribution is 5.06. The number of ether oxygens (including phenoxy) is 2. The van der Waals surface area contributed by atoms with Crippen molar-refractivity contribution in [3.63, 3.8) is 0 Å². The van der Waals surface area contributed by atoms with E-state index >= 15 is 0 Å². The molecule has 0 aromatic carbocycles. The van der Waals surface area contributed by atoms with Crippen LogP contribution in [0, 0.1) is 6.92 Å². The molecule has 1 saturated heterocycles. The molecule has 1 aliphatic heterocycles. The van der Waals surface area contributed by atoms with E-state index in [1.165, 1.54) is 0 Å². The van der Waals surface area contributed by atoms with Gasteiger partial charge in [-0.25, -0.2) is 0 Å². The monoisotopic (exact) mass is 329 g/mol. The van der Waals surface area contributed by atoms with Crippen LogP contribution in [-0.4, -0.2) is 46.4 Å². The van der Waals surface area contributed by atoms with E-state index in [1.807, 2.05) is 31.2 Å². The van der Waals surface area contributed by atoms with Gasteiger partial charge in [-0.2, -0.15) is 0 Å². The third-order valence-corrected chi connectivity index (χ3v) is 4.86. The number of hydrogen-bond acceptors (Lipinski definition) is 6. The fraction of sp³-hybridized carbons (Fsp3) is 0.556. The highest BCUT2D eigenvalue weighted by Crippen LogP contribution is 2.33. The van der Waals surface area contributed by atoms with E-state index in [4.69, 9.17) is 14.0 Å². The summed E-state index contributed by atoms with van der Waals surface area (Å²) in [5, 5.41) is 4.12. The maximum Gasteiger partial charge on any atom is 0.133 e. The van der Waals surface area contributed by atoms with Gasteiger partial charge in [0.2, 0.25) is 0 Å². The van der Waals surface area contributed by atoms with Crippen LogP contribution < -0.4 is 0 Å². The Balaban J connectivity index is 1.37. The molecule has 2 aromatic heterocycles. The lowest BCUT2D eigenvalue weighted by molar-refractivity contribution is -0.119. The van der Waals surface area contributed by atoms with E-state index in [2.05, 4.69) is 15.0 Å². The zero-order valence-electron chi connectivity index (χ0n) is 13.9. The molecule has 2 aliphatic rings. The fourth-order valence-corrected chi connectivity index (χ4v) is 3.74. The first kappa shape index (κ1) is 15.7. The number of aryl methyl sites for hydroxylation is 1. The number of pyridine rings is 1. The Morgan fingerprint density at radius 2 is 2.25 bits per heavy atom. The first-order chi connectivity index (χ1) is 11.8. The molecular weight excluding hydrogens is 306 g/mol. The first-order valence-corrected chi connectivity index (χ1v) is 8.59. The third-order valence-electron chi connectivity index (χ3n) is 4.86. The lowest BCUT2D eigenvalue weighted by Crippen LogP contribution is -2.51. The molecule has 128 valence electrons. The van der Waals surface area contributed by atoms with Gasteiger partial charge in [0.15, 0.2) is 0 Å². The van der Waals surface area contributed by atoms with E-state index in [1.54, 1.807) is 6.20 Å². The molecule has 0 spiro atoms. The average Bonchev–Trinajstić information content (AvgIpc) is 3.21. The van der Waals surface area contributed by atoms with Gasteiger partial charge < -0.3 is 14.0 Å². The van der Waals surface area contributed by atoms with Gasteiger partial charge in [-0.1, -0.05) is 11.2 Å². The summed E-state index contributed by atoms with van der Waals surface area (Å²) >= 11 is 0. The van der Waals surface area contributed by atoms with E-state index in [0.29, 0.717) is 12.6 Å². The lowest BCUT2D eigenvalue weighted by Gasteiger charge is -2.38. The molecule has 2 fully saturated rings. The second-order valence-corrected chi connectivity index (χ2v) is 6.55. The normalized spacial score (nSPS) is 27.3. The van der Waals surface area contributed by atoms with Crippen molar-refractivity contribution in [2.45, 2.75) is 51.2 Å². The van der Waals surface area contributed by atoms with E-state index < -0.39 is 0 Å². The highest BCUT2D eigenvalue weighted by atomic mass is 16.5. The SMILES string of the molecule is Cc1cc(CN2CCO[C@@H]3[C@@H](OCc4ccccn4)CC[C@H]32)no1. The quantitative estimate of drug-likeness (QED) is 0.839. The molecule has 1 aliphatic carbocycles. The summed E-state index contributed by atoms with van der Waals surface area (Å²) in [7, 11) is 0. The Kier molecular flexibility index (Phi) is 4.60. The van der Waals surface area contributed by atoms with Crippen LogP contribution >= 0.6 is 0 Å². The maximum absolute atomic E-state index is 6.11. The van der Waals surface area contributed by atoms with Crippen LogP contribution in [0.1, 0.15) is 30.0 Å². The Labute approximate surface area is 141 Å². The summed E-state index contributed by atoms with van der Waals surface area (Å²) in [6, 6.07) is 8.30. The number of hydrogen-bond donors (Lipinski definition) is 0. The molecule has 3 atom stereocenters. The van der Waals surface area contributed by atoms with Crippen LogP contribution in [0.4, 0.5) is 0 Å². The van der Waals surface area contributed by atoms with Crippen molar-refractivity contribution in [2.24, 2.45) is 0 Å². The summed E-state index contributed by atoms with van der Waals surface area (Å²) in [5.74, 6) is 0.859. The fourth-order valence-electron chi connectivity index (χ4n) is 3.74. The predicted octanol–water partition coefficient (Wildman–Crippen LogP) is 2.33. The van der Waals surface area contributed by atoms with Gasteiger partial charge in [0.05, 0.1) is 36.8 Å². The van der Waals surface area contributed by atoms with Crippen LogP contribution in [0.15, 0.2) is 35.0 Å². The highest BCUT2D eigenvalue weighted by Gasteiger charge is 2.43. The summed E-state index contributed by atoms with van der Waals surface area (Å²) in [5.41, 5.74) is 1.96. The van der Waals surface area contributed by atoms with Crippen molar-refractivity contribution >= 4 is 0 Å². The third kappa shape index (κ3) is 3.36. The van der Waals surface area contributed by atoms with Gasteiger partial charge in [0.25, 0.3) is 0 Å². The number of morpholine rings is 1. The molecule has 0 amide bonds. The topological polar surface area (TPSA) is 60.6 Å². The summed E-state index contributed by atoms with van der Waals surface area (Å²) in [6.07, 6.45) is 4.19. The van der Waals surface area contributed by atoms with Gasteiger partial charge in [0, 0.05) is 31.4 Å². The first-order valence-electron chi connectivity index (χ1n) is 8.59. The van der Waals surface area contributed by atoms with Gasteiger partial charge >= 0.3 is 0 Å². The van der Waals surface area contributed by atoms with Crippen molar-refractivity contribution in [3.8, 4) is 0 Å². The molecule has 0 radical (unpaired) electrons. The van der Waals surface area contributed by atoms with Crippen molar-refractivity contribution in [1.29, 1.82) is 0 Å². The molecule has 1 saturated carbocycles. The molecule has 2 aromatic rings. The minimum Gasteiger partial charge on any atom is -0.373 e. The smallest absolute Gasteiger partial charge is 0.133 e. The molecule has 0 bridgehead atoms. The van der Waals surface area contributed by atoms with Gasteiger partial charge in [-0.15, -0.1) is 0 Å². The van der Waals surface area contributed by atoms with Crippen LogP contribution in [0.5, 0.6) is 0 Å². The second kappa shape index (κ2) is 7.01. The maximum atomic E-state index is 6.11. The van der Waals surface area contributed by atoms with Crippen molar-refractivity contribution < 1.29 is 14.0 Å². The Morgan fingerprint density at radius 1 is 1.29 bits per heavy atom. The number of nitrogens with zero attached hydrogens (tertiary/aromatic N) is 3. The Hall–Kier alpha value is -1.76. The molecule has 0 unspecified atom stereocenters. The minimum absolute atomic E-state index is 0.135. The second-order valence-electron chi connectivity index (χ2n) is 6.55. The Bertz CT molecular complexity index is 661. The molecule has 6 heteroatoms. The zero-order chi connectivity index (χ0) is 16.4. The number of aromatic nitrogens is 2. The zero-order valence-corrected chi connectivity index (χ0v) is 13.9. The van der Waals surface area contributed by atoms with Crippen LogP contribution in [0.25, 0.3) is 0 Å². The lowest BCUT2D eigenvalue weighted by atomic mass is 10.1. The van der Waals surface area contributed by atoms with Gasteiger partial charge in [-0.3, -0.25) is 9.88 Å². The van der Waals surface area contributed by atoms with Crippen LogP contribution in [-0.2, 0) is 22.6 Å². The minimum atomic E-state index is 0.135. The summed E-state index contributed by atoms with van der Waals surface area (Å²) < 4.78 is 17.3. The average molecular weight is 329 g/mol. The molecule has 24 heavy (non-hydrogen) atoms. The molecule has 4 rings (SSSR count). The van der Waals surface area contributed by atoms with Gasteiger partial charge in [0.1, 0.15) is 5.76 Å². The number of fused-ring (bicyclic) bond motifs is 1. The number of rotatable bonds is 5.